The molecule has 2 aliphatic rings. The highest BCUT2D eigenvalue weighted by atomic mass is 16.7. The summed E-state index contributed by atoms with van der Waals surface area (Å²) in [6.45, 7) is 0. The van der Waals surface area contributed by atoms with Gasteiger partial charge >= 0.3 is 0 Å². The number of methoxy groups -OCH3 is 1. The number of ether oxygens (including phenoxy) is 2. The van der Waals surface area contributed by atoms with Crippen molar-refractivity contribution in [2.75, 3.05) is 7.11 Å². The van der Waals surface area contributed by atoms with Crippen LogP contribution in [0.15, 0.2) is 72.0 Å². The molecule has 0 bridgehead atoms. The number of allylic oxidation sites excluding steroid dienone is 3. The summed E-state index contributed by atoms with van der Waals surface area (Å²) < 4.78 is 11.7. The number of ketones is 1. The molecule has 0 radical (unpaired) electrons. The summed E-state index contributed by atoms with van der Waals surface area (Å²) in [4.78, 5) is 12.6. The van der Waals surface area contributed by atoms with Gasteiger partial charge in [-0.2, -0.15) is 0 Å². The third-order valence-electron chi connectivity index (χ3n) is 4.50. The molecule has 2 aromatic rings. The molecule has 0 spiro atoms. The Morgan fingerprint density at radius 2 is 1.50 bits per heavy atom. The van der Waals surface area contributed by atoms with E-state index < -0.39 is 6.29 Å². The Labute approximate surface area is 141 Å². The van der Waals surface area contributed by atoms with Gasteiger partial charge in [-0.1, -0.05) is 60.7 Å². The second kappa shape index (κ2) is 6.10. The molecule has 1 aliphatic carbocycles. The van der Waals surface area contributed by atoms with Crippen LogP contribution in [0.25, 0.3) is 11.1 Å². The molecule has 0 saturated carbocycles. The topological polar surface area (TPSA) is 35.5 Å². The predicted octanol–water partition coefficient (Wildman–Crippen LogP) is 4.22. The van der Waals surface area contributed by atoms with Crippen LogP contribution >= 0.6 is 0 Å². The van der Waals surface area contributed by atoms with Crippen molar-refractivity contribution in [2.24, 2.45) is 0 Å². The molecule has 1 atom stereocenters. The molecular formula is C21H18O3. The molecule has 4 rings (SSSR count). The highest BCUT2D eigenvalue weighted by Gasteiger charge is 2.38. The Bertz CT molecular complexity index is 832. The first-order valence-corrected chi connectivity index (χ1v) is 8.11. The molecule has 0 fully saturated rings. The molecule has 2 aromatic carbocycles. The van der Waals surface area contributed by atoms with E-state index in [1.165, 1.54) is 0 Å². The summed E-state index contributed by atoms with van der Waals surface area (Å²) in [6, 6.07) is 20.0. The molecule has 120 valence electrons. The largest absolute Gasteiger partial charge is 0.464 e. The third-order valence-corrected chi connectivity index (χ3v) is 4.50. The molecule has 1 aliphatic heterocycles. The van der Waals surface area contributed by atoms with Crippen molar-refractivity contribution in [2.45, 2.75) is 19.1 Å². The number of hydrogen-bond acceptors (Lipinski definition) is 3. The number of carbonyl (C=O) groups excluding carboxylic acids is 1. The van der Waals surface area contributed by atoms with Gasteiger partial charge in [0.05, 0.1) is 5.57 Å². The number of rotatable bonds is 3. The van der Waals surface area contributed by atoms with E-state index in [9.17, 15) is 4.79 Å². The van der Waals surface area contributed by atoms with Gasteiger partial charge in [0.1, 0.15) is 5.76 Å². The van der Waals surface area contributed by atoms with Gasteiger partial charge in [-0.15, -0.1) is 0 Å². The van der Waals surface area contributed by atoms with Gasteiger partial charge in [-0.05, 0) is 11.1 Å². The molecular weight excluding hydrogens is 300 g/mol. The van der Waals surface area contributed by atoms with Crippen LogP contribution in [0.3, 0.4) is 0 Å². The Morgan fingerprint density at radius 1 is 0.875 bits per heavy atom. The van der Waals surface area contributed by atoms with Crippen LogP contribution in [0.4, 0.5) is 0 Å². The molecule has 1 unspecified atom stereocenters. The molecule has 0 aromatic heterocycles. The fourth-order valence-corrected chi connectivity index (χ4v) is 3.44. The number of Topliss-reactive ketones (excluding diaryl/α,β-unsaturated/α-hetero) is 1. The van der Waals surface area contributed by atoms with Gasteiger partial charge in [0.15, 0.2) is 5.78 Å². The molecule has 0 saturated heterocycles. The normalized spacial score (nSPS) is 20.2. The Balaban J connectivity index is 2.02. The Morgan fingerprint density at radius 3 is 2.12 bits per heavy atom. The first kappa shape index (κ1) is 14.9. The quantitative estimate of drug-likeness (QED) is 0.850. The van der Waals surface area contributed by atoms with Crippen molar-refractivity contribution in [3.8, 4) is 0 Å². The van der Waals surface area contributed by atoms with E-state index >= 15 is 0 Å². The van der Waals surface area contributed by atoms with E-state index in [-0.39, 0.29) is 5.78 Å². The van der Waals surface area contributed by atoms with Crippen molar-refractivity contribution < 1.29 is 14.3 Å². The van der Waals surface area contributed by atoms with Gasteiger partial charge in [-0.3, -0.25) is 4.79 Å². The minimum Gasteiger partial charge on any atom is -0.464 e. The maximum atomic E-state index is 12.6. The van der Waals surface area contributed by atoms with Crippen LogP contribution < -0.4 is 0 Å². The lowest BCUT2D eigenvalue weighted by Gasteiger charge is -2.30. The van der Waals surface area contributed by atoms with Crippen LogP contribution in [0.2, 0.25) is 0 Å². The van der Waals surface area contributed by atoms with E-state index in [1.54, 1.807) is 7.11 Å². The standard InChI is InChI=1S/C21H18O3/c1-23-21-19(15-10-6-3-7-11-15)18(14-8-4-2-5-9-14)20-16(22)12-13-17(20)24-21/h2-11,21H,12-13H2,1H3. The van der Waals surface area contributed by atoms with Crippen molar-refractivity contribution in [1.82, 2.24) is 0 Å². The average molecular weight is 318 g/mol. The summed E-state index contributed by atoms with van der Waals surface area (Å²) in [7, 11) is 1.64. The summed E-state index contributed by atoms with van der Waals surface area (Å²) in [5, 5.41) is 0. The smallest absolute Gasteiger partial charge is 0.227 e. The minimum atomic E-state index is -0.507. The summed E-state index contributed by atoms with van der Waals surface area (Å²) >= 11 is 0. The average Bonchev–Trinajstić information content (AvgIpc) is 3.02. The molecule has 3 nitrogen and oxygen atoms in total. The second-order valence-electron chi connectivity index (χ2n) is 5.93. The fraction of sp³-hybridized carbons (Fsp3) is 0.190. The van der Waals surface area contributed by atoms with Crippen molar-refractivity contribution in [1.29, 1.82) is 0 Å². The van der Waals surface area contributed by atoms with Crippen molar-refractivity contribution >= 4 is 16.9 Å². The van der Waals surface area contributed by atoms with Crippen LogP contribution in [-0.4, -0.2) is 19.2 Å². The van der Waals surface area contributed by atoms with Gasteiger partial charge in [0.25, 0.3) is 0 Å². The Hall–Kier alpha value is -2.65. The predicted molar refractivity (Wildman–Crippen MR) is 92.8 cm³/mol. The maximum Gasteiger partial charge on any atom is 0.227 e. The maximum absolute atomic E-state index is 12.6. The lowest BCUT2D eigenvalue weighted by molar-refractivity contribution is -0.114. The highest BCUT2D eigenvalue weighted by Crippen LogP contribution is 2.45. The number of benzene rings is 2. The molecule has 24 heavy (non-hydrogen) atoms. The van der Waals surface area contributed by atoms with Crippen molar-refractivity contribution in [3.63, 3.8) is 0 Å². The van der Waals surface area contributed by atoms with E-state index in [0.29, 0.717) is 18.4 Å². The fourth-order valence-electron chi connectivity index (χ4n) is 3.44. The van der Waals surface area contributed by atoms with Crippen LogP contribution in [-0.2, 0) is 14.3 Å². The number of carbonyl (C=O) groups is 1. The van der Waals surface area contributed by atoms with Crippen LogP contribution in [0.1, 0.15) is 24.0 Å². The molecule has 1 heterocycles. The molecule has 0 amide bonds. The van der Waals surface area contributed by atoms with Gasteiger partial charge < -0.3 is 9.47 Å². The van der Waals surface area contributed by atoms with Gasteiger partial charge in [0.2, 0.25) is 6.29 Å². The SMILES string of the molecule is COC1OC2=C(C(=O)CC2)C(c2ccccc2)=C1c1ccccc1. The monoisotopic (exact) mass is 318 g/mol. The lowest BCUT2D eigenvalue weighted by Crippen LogP contribution is -2.23. The molecule has 3 heteroatoms. The van der Waals surface area contributed by atoms with Gasteiger partial charge in [0, 0.05) is 31.1 Å². The first-order valence-electron chi connectivity index (χ1n) is 8.11. The van der Waals surface area contributed by atoms with E-state index in [2.05, 4.69) is 0 Å². The number of hydrogen-bond donors (Lipinski definition) is 0. The van der Waals surface area contributed by atoms with E-state index in [0.717, 1.165) is 28.0 Å². The lowest BCUT2D eigenvalue weighted by atomic mass is 9.86. The summed E-state index contributed by atoms with van der Waals surface area (Å²) in [5.41, 5.74) is 4.60. The summed E-state index contributed by atoms with van der Waals surface area (Å²) in [5.74, 6) is 0.900. The van der Waals surface area contributed by atoms with Crippen LogP contribution in [0, 0.1) is 0 Å². The second-order valence-corrected chi connectivity index (χ2v) is 5.93. The molecule has 0 N–H and O–H groups in total. The first-order chi connectivity index (χ1) is 11.8. The zero-order valence-electron chi connectivity index (χ0n) is 13.5. The van der Waals surface area contributed by atoms with Crippen LogP contribution in [0.5, 0.6) is 0 Å². The van der Waals surface area contributed by atoms with E-state index in [4.69, 9.17) is 9.47 Å². The Kier molecular flexibility index (Phi) is 3.79. The zero-order valence-corrected chi connectivity index (χ0v) is 13.5. The third kappa shape index (κ3) is 2.38. The van der Waals surface area contributed by atoms with E-state index in [1.807, 2.05) is 60.7 Å². The minimum absolute atomic E-state index is 0.145. The van der Waals surface area contributed by atoms with Crippen molar-refractivity contribution in [3.05, 3.63) is 83.1 Å². The summed E-state index contributed by atoms with van der Waals surface area (Å²) in [6.07, 6.45) is 0.638. The highest BCUT2D eigenvalue weighted by molar-refractivity contribution is 6.18. The van der Waals surface area contributed by atoms with Gasteiger partial charge in [-0.25, -0.2) is 0 Å². The zero-order chi connectivity index (χ0) is 16.5.